The Morgan fingerprint density at radius 1 is 1.27 bits per heavy atom. The lowest BCUT2D eigenvalue weighted by Crippen LogP contribution is -2.35. The molecule has 22 heavy (non-hydrogen) atoms. The van der Waals surface area contributed by atoms with Gasteiger partial charge in [0.25, 0.3) is 11.8 Å². The van der Waals surface area contributed by atoms with E-state index in [9.17, 15) is 9.59 Å². The standard InChI is InChI=1S/C18H16N2O2/c1-20-16-12-9-11(10-12)7-8-14(16)15(18(20)22)17(21)19-13-5-3-2-4-6-13/h2-9,11,16H,10H2,1H3,(H,19,21)/t11-,16?/m1/s1. The van der Waals surface area contributed by atoms with Gasteiger partial charge in [-0.2, -0.15) is 0 Å². The summed E-state index contributed by atoms with van der Waals surface area (Å²) in [6.07, 6.45) is 7.21. The van der Waals surface area contributed by atoms with Gasteiger partial charge in [-0.25, -0.2) is 0 Å². The number of hydrogen-bond acceptors (Lipinski definition) is 2. The minimum absolute atomic E-state index is 0.0703. The van der Waals surface area contributed by atoms with Crippen LogP contribution in [0.3, 0.4) is 0 Å². The van der Waals surface area contributed by atoms with Crippen LogP contribution in [0, 0.1) is 5.92 Å². The van der Waals surface area contributed by atoms with E-state index >= 15 is 0 Å². The predicted molar refractivity (Wildman–Crippen MR) is 84.0 cm³/mol. The van der Waals surface area contributed by atoms with Crippen LogP contribution in [0.2, 0.25) is 0 Å². The van der Waals surface area contributed by atoms with Gasteiger partial charge in [0, 0.05) is 12.7 Å². The Morgan fingerprint density at radius 3 is 2.73 bits per heavy atom. The molecule has 1 aromatic carbocycles. The second-order valence-electron chi connectivity index (χ2n) is 5.94. The summed E-state index contributed by atoms with van der Waals surface area (Å²) in [5, 5.41) is 2.82. The van der Waals surface area contributed by atoms with Gasteiger partial charge in [0.1, 0.15) is 5.57 Å². The highest BCUT2D eigenvalue weighted by Gasteiger charge is 2.44. The first-order valence-corrected chi connectivity index (χ1v) is 7.41. The summed E-state index contributed by atoms with van der Waals surface area (Å²) >= 11 is 0. The summed E-state index contributed by atoms with van der Waals surface area (Å²) in [5.41, 5.74) is 3.03. The molecule has 4 heteroatoms. The maximum atomic E-state index is 12.6. The fraction of sp³-hybridized carbons (Fsp3) is 0.222. The van der Waals surface area contributed by atoms with E-state index in [1.165, 1.54) is 5.57 Å². The number of carbonyl (C=O) groups excluding carboxylic acids is 2. The average molecular weight is 292 g/mol. The van der Waals surface area contributed by atoms with Gasteiger partial charge in [-0.05, 0) is 35.6 Å². The van der Waals surface area contributed by atoms with Crippen molar-refractivity contribution >= 4 is 17.5 Å². The molecule has 4 aliphatic rings. The number of carbonyl (C=O) groups is 2. The molecule has 0 spiro atoms. The number of hydrogen-bond donors (Lipinski definition) is 1. The molecule has 2 bridgehead atoms. The topological polar surface area (TPSA) is 49.4 Å². The van der Waals surface area contributed by atoms with Crippen LogP contribution in [0.1, 0.15) is 6.42 Å². The Labute approximate surface area is 128 Å². The molecule has 2 atom stereocenters. The molecule has 0 fully saturated rings. The van der Waals surface area contributed by atoms with Crippen molar-refractivity contribution in [3.05, 3.63) is 65.3 Å². The van der Waals surface area contributed by atoms with Gasteiger partial charge in [0.2, 0.25) is 0 Å². The van der Waals surface area contributed by atoms with Crippen molar-refractivity contribution in [2.75, 3.05) is 12.4 Å². The monoisotopic (exact) mass is 292 g/mol. The van der Waals surface area contributed by atoms with Crippen molar-refractivity contribution in [3.8, 4) is 0 Å². The summed E-state index contributed by atoms with van der Waals surface area (Å²) < 4.78 is 0. The first-order valence-electron chi connectivity index (χ1n) is 7.41. The SMILES string of the molecule is CN1C(=O)C(C(=O)Nc2ccccc2)=C2C=C[C@@H]3C=C(C3)C21. The van der Waals surface area contributed by atoms with E-state index in [4.69, 9.17) is 0 Å². The van der Waals surface area contributed by atoms with Crippen molar-refractivity contribution < 1.29 is 9.59 Å². The van der Waals surface area contributed by atoms with Crippen LogP contribution in [0.4, 0.5) is 5.69 Å². The third-order valence-electron chi connectivity index (χ3n) is 4.54. The third-order valence-corrected chi connectivity index (χ3v) is 4.54. The zero-order valence-electron chi connectivity index (χ0n) is 12.2. The quantitative estimate of drug-likeness (QED) is 0.671. The maximum Gasteiger partial charge on any atom is 0.261 e. The van der Waals surface area contributed by atoms with Crippen molar-refractivity contribution in [2.45, 2.75) is 12.5 Å². The molecule has 4 nitrogen and oxygen atoms in total. The zero-order valence-corrected chi connectivity index (χ0v) is 12.2. The van der Waals surface area contributed by atoms with E-state index in [0.29, 0.717) is 11.6 Å². The highest BCUT2D eigenvalue weighted by atomic mass is 16.2. The number of amides is 2. The number of rotatable bonds is 2. The fourth-order valence-corrected chi connectivity index (χ4v) is 3.40. The molecular weight excluding hydrogens is 276 g/mol. The molecule has 1 unspecified atom stereocenters. The normalized spacial score (nSPS) is 25.4. The van der Waals surface area contributed by atoms with Crippen molar-refractivity contribution in [1.82, 2.24) is 4.90 Å². The molecule has 3 aliphatic carbocycles. The van der Waals surface area contributed by atoms with E-state index in [1.54, 1.807) is 11.9 Å². The minimum atomic E-state index is -0.329. The summed E-state index contributed by atoms with van der Waals surface area (Å²) in [6, 6.07) is 9.14. The van der Waals surface area contributed by atoms with Gasteiger partial charge >= 0.3 is 0 Å². The Kier molecular flexibility index (Phi) is 2.79. The molecule has 110 valence electrons. The molecule has 1 aliphatic heterocycles. The van der Waals surface area contributed by atoms with E-state index in [0.717, 1.165) is 12.0 Å². The Bertz CT molecular complexity index is 759. The fourth-order valence-electron chi connectivity index (χ4n) is 3.40. The Balaban J connectivity index is 1.71. The van der Waals surface area contributed by atoms with Gasteiger partial charge in [0.15, 0.2) is 0 Å². The van der Waals surface area contributed by atoms with E-state index < -0.39 is 0 Å². The summed E-state index contributed by atoms with van der Waals surface area (Å²) in [4.78, 5) is 26.8. The minimum Gasteiger partial charge on any atom is -0.331 e. The highest BCUT2D eigenvalue weighted by Crippen LogP contribution is 2.42. The smallest absolute Gasteiger partial charge is 0.261 e. The predicted octanol–water partition coefficient (Wildman–Crippen LogP) is 2.28. The first kappa shape index (κ1) is 13.1. The summed E-state index contributed by atoms with van der Waals surface area (Å²) in [5.74, 6) is -0.0794. The Morgan fingerprint density at radius 2 is 2.00 bits per heavy atom. The lowest BCUT2D eigenvalue weighted by atomic mass is 9.83. The molecule has 1 aromatic rings. The van der Waals surface area contributed by atoms with Crippen LogP contribution in [-0.4, -0.2) is 29.8 Å². The van der Waals surface area contributed by atoms with E-state index in [-0.39, 0.29) is 23.4 Å². The number of nitrogens with zero attached hydrogens (tertiary/aromatic N) is 1. The number of nitrogens with one attached hydrogen (secondary N) is 1. The molecule has 5 rings (SSSR count). The second-order valence-corrected chi connectivity index (χ2v) is 5.94. The number of allylic oxidation sites excluding steroid dienone is 2. The molecule has 0 saturated heterocycles. The number of benzene rings is 1. The van der Waals surface area contributed by atoms with Gasteiger partial charge < -0.3 is 10.2 Å². The molecule has 1 N–H and O–H groups in total. The maximum absolute atomic E-state index is 12.6. The first-order chi connectivity index (χ1) is 10.6. The lowest BCUT2D eigenvalue weighted by molar-refractivity contribution is -0.127. The van der Waals surface area contributed by atoms with Gasteiger partial charge in [-0.1, -0.05) is 36.4 Å². The van der Waals surface area contributed by atoms with Crippen LogP contribution < -0.4 is 5.32 Å². The molecule has 2 amide bonds. The lowest BCUT2D eigenvalue weighted by Gasteiger charge is -2.30. The summed E-state index contributed by atoms with van der Waals surface area (Å²) in [7, 11) is 1.77. The third kappa shape index (κ3) is 1.84. The van der Waals surface area contributed by atoms with Crippen LogP contribution >= 0.6 is 0 Å². The molecule has 1 heterocycles. The Hall–Kier alpha value is -2.62. The van der Waals surface area contributed by atoms with E-state index in [2.05, 4.69) is 17.5 Å². The highest BCUT2D eigenvalue weighted by molar-refractivity contribution is 6.25. The second kappa shape index (κ2) is 4.70. The van der Waals surface area contributed by atoms with Crippen molar-refractivity contribution in [1.29, 1.82) is 0 Å². The molecule has 0 aromatic heterocycles. The zero-order chi connectivity index (χ0) is 15.3. The number of anilines is 1. The van der Waals surface area contributed by atoms with Crippen LogP contribution in [0.5, 0.6) is 0 Å². The van der Waals surface area contributed by atoms with Gasteiger partial charge in [0.05, 0.1) is 6.04 Å². The van der Waals surface area contributed by atoms with Gasteiger partial charge in [-0.15, -0.1) is 0 Å². The number of likely N-dealkylation sites (N-methyl/N-ethyl adjacent to an activating group) is 1. The number of para-hydroxylation sites is 1. The largest absolute Gasteiger partial charge is 0.331 e. The van der Waals surface area contributed by atoms with E-state index in [1.807, 2.05) is 36.4 Å². The van der Waals surface area contributed by atoms with Gasteiger partial charge in [-0.3, -0.25) is 9.59 Å². The van der Waals surface area contributed by atoms with Crippen LogP contribution in [0.25, 0.3) is 0 Å². The van der Waals surface area contributed by atoms with Crippen molar-refractivity contribution in [2.24, 2.45) is 5.92 Å². The van der Waals surface area contributed by atoms with Crippen LogP contribution in [-0.2, 0) is 9.59 Å². The molecule has 0 saturated carbocycles. The van der Waals surface area contributed by atoms with Crippen molar-refractivity contribution in [3.63, 3.8) is 0 Å². The van der Waals surface area contributed by atoms with Crippen LogP contribution in [0.15, 0.2) is 65.3 Å². The summed E-state index contributed by atoms with van der Waals surface area (Å²) in [6.45, 7) is 0. The average Bonchev–Trinajstić information content (AvgIpc) is 2.65. The molecular formula is C18H16N2O2. The molecule has 0 radical (unpaired) electrons.